The highest BCUT2D eigenvalue weighted by Crippen LogP contribution is 2.10. The Morgan fingerprint density at radius 2 is 2.07 bits per heavy atom. The van der Waals surface area contributed by atoms with E-state index < -0.39 is 11.8 Å². The molecule has 0 bridgehead atoms. The van der Waals surface area contributed by atoms with E-state index in [1.165, 1.54) is 9.80 Å². The van der Waals surface area contributed by atoms with Gasteiger partial charge in [-0.1, -0.05) is 0 Å². The van der Waals surface area contributed by atoms with Crippen LogP contribution >= 0.6 is 0 Å². The molecular weight excluding hydrogens is 184 g/mol. The van der Waals surface area contributed by atoms with Crippen molar-refractivity contribution in [1.29, 1.82) is 0 Å². The summed E-state index contributed by atoms with van der Waals surface area (Å²) in [6, 6.07) is -0.0784. The molecule has 5 heteroatoms. The molecular formula is C9H14N2O3. The van der Waals surface area contributed by atoms with Gasteiger partial charge in [0.05, 0.1) is 6.54 Å². The number of amides is 2. The molecule has 2 amide bonds. The Balaban J connectivity index is 2.79. The fourth-order valence-corrected chi connectivity index (χ4v) is 1.57. The van der Waals surface area contributed by atoms with E-state index in [-0.39, 0.29) is 12.6 Å². The molecule has 1 atom stereocenters. The standard InChI is InChI=1S/C9H14N2O3/c1-3-10-6-7(2)11(4-5-12)9(14)8(10)13/h5,7H,3-4,6H2,1-2H3. The SMILES string of the molecule is CCN1CC(C)N(CC=O)C(=O)C1=O. The minimum absolute atomic E-state index is 0.00327. The maximum atomic E-state index is 11.5. The molecule has 5 nitrogen and oxygen atoms in total. The highest BCUT2D eigenvalue weighted by atomic mass is 16.2. The predicted octanol–water partition coefficient (Wildman–Crippen LogP) is -0.735. The van der Waals surface area contributed by atoms with Gasteiger partial charge in [-0.3, -0.25) is 9.59 Å². The molecule has 78 valence electrons. The van der Waals surface area contributed by atoms with Gasteiger partial charge in [0.2, 0.25) is 0 Å². The van der Waals surface area contributed by atoms with Crippen molar-refractivity contribution in [1.82, 2.24) is 9.80 Å². The lowest BCUT2D eigenvalue weighted by atomic mass is 10.2. The first kappa shape index (κ1) is 10.7. The molecule has 0 N–H and O–H groups in total. The second-order valence-corrected chi connectivity index (χ2v) is 3.32. The molecule has 0 radical (unpaired) electrons. The van der Waals surface area contributed by atoms with Crippen molar-refractivity contribution in [3.05, 3.63) is 0 Å². The van der Waals surface area contributed by atoms with E-state index >= 15 is 0 Å². The molecule has 1 unspecified atom stereocenters. The third-order valence-electron chi connectivity index (χ3n) is 2.40. The van der Waals surface area contributed by atoms with Crippen LogP contribution in [0.2, 0.25) is 0 Å². The fourth-order valence-electron chi connectivity index (χ4n) is 1.57. The monoisotopic (exact) mass is 198 g/mol. The van der Waals surface area contributed by atoms with Crippen LogP contribution in [0.3, 0.4) is 0 Å². The van der Waals surface area contributed by atoms with Gasteiger partial charge in [0.15, 0.2) is 0 Å². The summed E-state index contributed by atoms with van der Waals surface area (Å²) in [6.07, 6.45) is 0.642. The van der Waals surface area contributed by atoms with E-state index in [2.05, 4.69) is 0 Å². The smallest absolute Gasteiger partial charge is 0.312 e. The first-order valence-electron chi connectivity index (χ1n) is 4.65. The first-order valence-corrected chi connectivity index (χ1v) is 4.65. The zero-order chi connectivity index (χ0) is 10.7. The van der Waals surface area contributed by atoms with Gasteiger partial charge in [0.25, 0.3) is 0 Å². The van der Waals surface area contributed by atoms with Crippen LogP contribution in [0.15, 0.2) is 0 Å². The summed E-state index contributed by atoms with van der Waals surface area (Å²) in [4.78, 5) is 36.0. The summed E-state index contributed by atoms with van der Waals surface area (Å²) in [7, 11) is 0. The Kier molecular flexibility index (Phi) is 3.22. The number of aldehydes is 1. The molecule has 0 aliphatic carbocycles. The van der Waals surface area contributed by atoms with Gasteiger partial charge in [-0.2, -0.15) is 0 Å². The molecule has 1 saturated heterocycles. The van der Waals surface area contributed by atoms with Gasteiger partial charge in [-0.15, -0.1) is 0 Å². The van der Waals surface area contributed by atoms with E-state index in [1.807, 2.05) is 13.8 Å². The lowest BCUT2D eigenvalue weighted by Gasteiger charge is -2.37. The van der Waals surface area contributed by atoms with Crippen molar-refractivity contribution in [3.8, 4) is 0 Å². The van der Waals surface area contributed by atoms with Gasteiger partial charge in [0, 0.05) is 19.1 Å². The molecule has 0 aromatic heterocycles. The molecule has 14 heavy (non-hydrogen) atoms. The normalized spacial score (nSPS) is 22.9. The molecule has 1 fully saturated rings. The van der Waals surface area contributed by atoms with Gasteiger partial charge < -0.3 is 14.6 Å². The quantitative estimate of drug-likeness (QED) is 0.443. The Morgan fingerprint density at radius 3 is 2.57 bits per heavy atom. The van der Waals surface area contributed by atoms with Crippen LogP contribution < -0.4 is 0 Å². The molecule has 0 aromatic rings. The summed E-state index contributed by atoms with van der Waals surface area (Å²) in [5.41, 5.74) is 0. The Labute approximate surface area is 82.7 Å². The molecule has 1 heterocycles. The summed E-state index contributed by atoms with van der Waals surface area (Å²) in [6.45, 7) is 4.70. The van der Waals surface area contributed by atoms with Gasteiger partial charge in [0.1, 0.15) is 6.29 Å². The van der Waals surface area contributed by atoms with E-state index in [0.29, 0.717) is 19.4 Å². The van der Waals surface area contributed by atoms with Gasteiger partial charge in [-0.25, -0.2) is 0 Å². The van der Waals surface area contributed by atoms with Gasteiger partial charge in [-0.05, 0) is 13.8 Å². The third-order valence-corrected chi connectivity index (χ3v) is 2.40. The van der Waals surface area contributed by atoms with E-state index in [1.54, 1.807) is 0 Å². The van der Waals surface area contributed by atoms with Crippen LogP contribution in [0.25, 0.3) is 0 Å². The van der Waals surface area contributed by atoms with Gasteiger partial charge >= 0.3 is 11.8 Å². The first-order chi connectivity index (χ1) is 6.61. The molecule has 1 rings (SSSR count). The summed E-state index contributed by atoms with van der Waals surface area (Å²) in [5.74, 6) is -1.08. The highest BCUT2D eigenvalue weighted by molar-refractivity contribution is 6.35. The minimum Gasteiger partial charge on any atom is -0.333 e. The molecule has 0 spiro atoms. The highest BCUT2D eigenvalue weighted by Gasteiger charge is 2.35. The third kappa shape index (κ3) is 1.76. The van der Waals surface area contributed by atoms with E-state index in [0.717, 1.165) is 0 Å². The number of hydrogen-bond donors (Lipinski definition) is 0. The number of carbonyl (C=O) groups excluding carboxylic acids is 3. The van der Waals surface area contributed by atoms with Crippen LogP contribution in [0.4, 0.5) is 0 Å². The van der Waals surface area contributed by atoms with Crippen molar-refractivity contribution in [2.24, 2.45) is 0 Å². The zero-order valence-electron chi connectivity index (χ0n) is 8.40. The molecule has 0 saturated carbocycles. The second kappa shape index (κ2) is 4.21. The Morgan fingerprint density at radius 1 is 1.43 bits per heavy atom. The number of nitrogens with zero attached hydrogens (tertiary/aromatic N) is 2. The van der Waals surface area contributed by atoms with Crippen LogP contribution in [0.5, 0.6) is 0 Å². The second-order valence-electron chi connectivity index (χ2n) is 3.32. The lowest BCUT2D eigenvalue weighted by Crippen LogP contribution is -2.58. The average molecular weight is 198 g/mol. The van der Waals surface area contributed by atoms with Crippen LogP contribution in [-0.4, -0.2) is 53.6 Å². The Bertz CT molecular complexity index is 265. The number of hydrogen-bond acceptors (Lipinski definition) is 3. The van der Waals surface area contributed by atoms with Crippen LogP contribution in [0, 0.1) is 0 Å². The van der Waals surface area contributed by atoms with E-state index in [4.69, 9.17) is 0 Å². The summed E-state index contributed by atoms with van der Waals surface area (Å²) >= 11 is 0. The topological polar surface area (TPSA) is 57.7 Å². The maximum absolute atomic E-state index is 11.5. The molecule has 1 aliphatic heterocycles. The van der Waals surface area contributed by atoms with Crippen molar-refractivity contribution in [2.45, 2.75) is 19.9 Å². The zero-order valence-corrected chi connectivity index (χ0v) is 8.40. The Hall–Kier alpha value is -1.39. The molecule has 1 aliphatic rings. The minimum atomic E-state index is -0.572. The number of likely N-dealkylation sites (N-methyl/N-ethyl adjacent to an activating group) is 1. The number of piperazine rings is 1. The van der Waals surface area contributed by atoms with Crippen molar-refractivity contribution in [3.63, 3.8) is 0 Å². The maximum Gasteiger partial charge on any atom is 0.312 e. The van der Waals surface area contributed by atoms with E-state index in [9.17, 15) is 14.4 Å². The summed E-state index contributed by atoms with van der Waals surface area (Å²) in [5, 5.41) is 0. The summed E-state index contributed by atoms with van der Waals surface area (Å²) < 4.78 is 0. The van der Waals surface area contributed by atoms with Crippen molar-refractivity contribution < 1.29 is 14.4 Å². The predicted molar refractivity (Wildman–Crippen MR) is 49.5 cm³/mol. The van der Waals surface area contributed by atoms with Crippen molar-refractivity contribution in [2.75, 3.05) is 19.6 Å². The fraction of sp³-hybridized carbons (Fsp3) is 0.667. The largest absolute Gasteiger partial charge is 0.333 e. The average Bonchev–Trinajstić information content (AvgIpc) is 2.18. The van der Waals surface area contributed by atoms with Crippen molar-refractivity contribution >= 4 is 18.1 Å². The lowest BCUT2D eigenvalue weighted by molar-refractivity contribution is -0.158. The van der Waals surface area contributed by atoms with Crippen LogP contribution in [-0.2, 0) is 14.4 Å². The number of rotatable bonds is 3. The molecule has 0 aromatic carbocycles. The van der Waals surface area contributed by atoms with Crippen LogP contribution in [0.1, 0.15) is 13.8 Å². The number of carbonyl (C=O) groups is 3.